The zero-order chi connectivity index (χ0) is 23.4. The largest absolute Gasteiger partial charge is 0.465 e. The Hall–Kier alpha value is -3.17. The molecule has 0 bridgehead atoms. The number of methoxy groups -OCH3 is 2. The molecule has 0 saturated carbocycles. The van der Waals surface area contributed by atoms with Crippen LogP contribution in [0.5, 0.6) is 0 Å². The van der Waals surface area contributed by atoms with Gasteiger partial charge in [-0.25, -0.2) is 9.78 Å². The first-order valence-corrected chi connectivity index (χ1v) is 11.1. The average Bonchev–Trinajstić information content (AvgIpc) is 3.18. The maximum Gasteiger partial charge on any atom is 0.407 e. The molecule has 1 saturated heterocycles. The molecule has 33 heavy (non-hydrogen) atoms. The molecule has 1 aromatic carbocycles. The number of carbonyl (C=O) groups is 2. The zero-order valence-corrected chi connectivity index (χ0v) is 19.0. The number of hydrogen-bond acceptors (Lipinski definition) is 6. The molecule has 2 amide bonds. The highest BCUT2D eigenvalue weighted by Gasteiger charge is 2.36. The smallest absolute Gasteiger partial charge is 0.407 e. The van der Waals surface area contributed by atoms with Crippen molar-refractivity contribution in [3.8, 4) is 0 Å². The van der Waals surface area contributed by atoms with Crippen LogP contribution in [0.25, 0.3) is 0 Å². The van der Waals surface area contributed by atoms with E-state index in [9.17, 15) is 14.7 Å². The lowest BCUT2D eigenvalue weighted by Gasteiger charge is -2.27. The van der Waals surface area contributed by atoms with Gasteiger partial charge in [0.1, 0.15) is 11.5 Å². The SMILES string of the molecule is COC(OC)c1nc2c(cc1CN1CC(N(Cc3ccccc3)C(=O)O)CC1=O)CCCN2. The summed E-state index contributed by atoms with van der Waals surface area (Å²) in [5.74, 6) is 0.747. The summed E-state index contributed by atoms with van der Waals surface area (Å²) in [6.45, 7) is 1.77. The second-order valence-corrected chi connectivity index (χ2v) is 8.40. The molecule has 2 aliphatic heterocycles. The molecule has 0 spiro atoms. The van der Waals surface area contributed by atoms with Gasteiger partial charge in [-0.2, -0.15) is 0 Å². The van der Waals surface area contributed by atoms with Crippen LogP contribution in [0.15, 0.2) is 36.4 Å². The molecule has 2 N–H and O–H groups in total. The van der Waals surface area contributed by atoms with Gasteiger partial charge in [0.05, 0.1) is 6.04 Å². The number of carboxylic acid groups (broad SMARTS) is 1. The van der Waals surface area contributed by atoms with Gasteiger partial charge in [0.15, 0.2) is 0 Å². The number of anilines is 1. The first kappa shape index (κ1) is 23.0. The maximum atomic E-state index is 12.9. The van der Waals surface area contributed by atoms with Gasteiger partial charge in [0.25, 0.3) is 0 Å². The highest BCUT2D eigenvalue weighted by atomic mass is 16.7. The van der Waals surface area contributed by atoms with Crippen molar-refractivity contribution in [3.63, 3.8) is 0 Å². The Balaban J connectivity index is 1.55. The normalized spacial score (nSPS) is 17.7. The monoisotopic (exact) mass is 454 g/mol. The molecule has 0 aliphatic carbocycles. The van der Waals surface area contributed by atoms with Gasteiger partial charge in [-0.1, -0.05) is 30.3 Å². The van der Waals surface area contributed by atoms with Gasteiger partial charge < -0.3 is 24.8 Å². The molecular formula is C24H30N4O5. The Morgan fingerprint density at radius 2 is 2.06 bits per heavy atom. The van der Waals surface area contributed by atoms with Crippen molar-refractivity contribution in [3.05, 3.63) is 58.8 Å². The second-order valence-electron chi connectivity index (χ2n) is 8.40. The van der Waals surface area contributed by atoms with Crippen molar-refractivity contribution in [2.24, 2.45) is 0 Å². The fourth-order valence-corrected chi connectivity index (χ4v) is 4.55. The predicted octanol–water partition coefficient (Wildman–Crippen LogP) is 3.01. The summed E-state index contributed by atoms with van der Waals surface area (Å²) in [5, 5.41) is 13.1. The average molecular weight is 455 g/mol. The van der Waals surface area contributed by atoms with Crippen LogP contribution in [0.2, 0.25) is 0 Å². The Labute approximate surface area is 193 Å². The van der Waals surface area contributed by atoms with E-state index in [2.05, 4.69) is 11.4 Å². The first-order valence-electron chi connectivity index (χ1n) is 11.1. The van der Waals surface area contributed by atoms with Crippen LogP contribution < -0.4 is 5.32 Å². The standard InChI is InChI=1S/C24H30N4O5/c1-32-23(33-2)21-18(11-17-9-6-10-25-22(17)26-21)14-27-15-19(12-20(27)29)28(24(30)31)13-16-7-4-3-5-8-16/h3-5,7-8,11,19,23H,6,9-10,12-15H2,1-2H3,(H,25,26)(H,30,31). The minimum absolute atomic E-state index is 0.0764. The van der Waals surface area contributed by atoms with Gasteiger partial charge in [-0.15, -0.1) is 0 Å². The zero-order valence-electron chi connectivity index (χ0n) is 19.0. The number of nitrogens with zero attached hydrogens (tertiary/aromatic N) is 3. The van der Waals surface area contributed by atoms with E-state index in [-0.39, 0.29) is 18.9 Å². The highest BCUT2D eigenvalue weighted by Crippen LogP contribution is 2.30. The molecule has 1 atom stereocenters. The summed E-state index contributed by atoms with van der Waals surface area (Å²) in [6.07, 6.45) is 0.402. The van der Waals surface area contributed by atoms with Crippen molar-refractivity contribution in [1.29, 1.82) is 0 Å². The fraction of sp³-hybridized carbons (Fsp3) is 0.458. The summed E-state index contributed by atoms with van der Waals surface area (Å²) in [5.41, 5.74) is 3.47. The molecule has 1 unspecified atom stereocenters. The first-order chi connectivity index (χ1) is 16.0. The number of amides is 2. The van der Waals surface area contributed by atoms with Crippen LogP contribution in [0.4, 0.5) is 10.6 Å². The molecular weight excluding hydrogens is 424 g/mol. The Bertz CT molecular complexity index is 996. The number of ether oxygens (including phenoxy) is 2. The minimum atomic E-state index is -1.03. The maximum absolute atomic E-state index is 12.9. The molecule has 9 heteroatoms. The second kappa shape index (κ2) is 10.2. The molecule has 1 fully saturated rings. The van der Waals surface area contributed by atoms with Gasteiger partial charge >= 0.3 is 6.09 Å². The van der Waals surface area contributed by atoms with E-state index >= 15 is 0 Å². The van der Waals surface area contributed by atoms with Crippen LogP contribution in [0, 0.1) is 0 Å². The highest BCUT2D eigenvalue weighted by molar-refractivity contribution is 5.80. The summed E-state index contributed by atoms with van der Waals surface area (Å²) < 4.78 is 10.9. The minimum Gasteiger partial charge on any atom is -0.465 e. The van der Waals surface area contributed by atoms with E-state index < -0.39 is 18.4 Å². The third kappa shape index (κ3) is 5.09. The Morgan fingerprint density at radius 1 is 1.30 bits per heavy atom. The van der Waals surface area contributed by atoms with Crippen LogP contribution in [-0.2, 0) is 33.8 Å². The van der Waals surface area contributed by atoms with E-state index in [0.717, 1.165) is 41.9 Å². The number of nitrogens with one attached hydrogen (secondary N) is 1. The summed E-state index contributed by atoms with van der Waals surface area (Å²) >= 11 is 0. The summed E-state index contributed by atoms with van der Waals surface area (Å²) in [6, 6.07) is 11.1. The van der Waals surface area contributed by atoms with Crippen molar-refractivity contribution in [1.82, 2.24) is 14.8 Å². The number of aryl methyl sites for hydroxylation is 1. The molecule has 1 aromatic heterocycles. The third-order valence-electron chi connectivity index (χ3n) is 6.22. The van der Waals surface area contributed by atoms with Crippen molar-refractivity contribution in [2.45, 2.75) is 44.7 Å². The lowest BCUT2D eigenvalue weighted by Crippen LogP contribution is -2.40. The van der Waals surface area contributed by atoms with E-state index in [1.165, 1.54) is 4.90 Å². The number of rotatable bonds is 8. The van der Waals surface area contributed by atoms with Crippen molar-refractivity contribution < 1.29 is 24.2 Å². The third-order valence-corrected chi connectivity index (χ3v) is 6.22. The molecule has 0 radical (unpaired) electrons. The number of fused-ring (bicyclic) bond motifs is 1. The van der Waals surface area contributed by atoms with Crippen LogP contribution in [0.1, 0.15) is 41.5 Å². The summed E-state index contributed by atoms with van der Waals surface area (Å²) in [7, 11) is 3.11. The predicted molar refractivity (Wildman–Crippen MR) is 122 cm³/mol. The van der Waals surface area contributed by atoms with Gasteiger partial charge in [-0.3, -0.25) is 9.69 Å². The Kier molecular flexibility index (Phi) is 7.10. The van der Waals surface area contributed by atoms with Gasteiger partial charge in [0, 0.05) is 46.8 Å². The number of pyridine rings is 1. The molecule has 2 aliphatic rings. The summed E-state index contributed by atoms with van der Waals surface area (Å²) in [4.78, 5) is 32.7. The number of hydrogen-bond donors (Lipinski definition) is 2. The molecule has 3 heterocycles. The van der Waals surface area contributed by atoms with Gasteiger partial charge in [-0.05, 0) is 35.6 Å². The number of likely N-dealkylation sites (tertiary alicyclic amines) is 1. The van der Waals surface area contributed by atoms with Gasteiger partial charge in [0.2, 0.25) is 12.2 Å². The molecule has 9 nitrogen and oxygen atoms in total. The van der Waals surface area contributed by atoms with E-state index in [1.807, 2.05) is 30.3 Å². The lowest BCUT2D eigenvalue weighted by molar-refractivity contribution is -0.128. The number of benzene rings is 1. The van der Waals surface area contributed by atoms with Crippen LogP contribution in [0.3, 0.4) is 0 Å². The topological polar surface area (TPSA) is 104 Å². The molecule has 2 aromatic rings. The molecule has 176 valence electrons. The lowest BCUT2D eigenvalue weighted by atomic mass is 10.0. The quantitative estimate of drug-likeness (QED) is 0.591. The van der Waals surface area contributed by atoms with E-state index in [1.54, 1.807) is 19.1 Å². The van der Waals surface area contributed by atoms with Crippen molar-refractivity contribution in [2.75, 3.05) is 32.6 Å². The van der Waals surface area contributed by atoms with Crippen LogP contribution in [-0.4, -0.2) is 65.2 Å². The van der Waals surface area contributed by atoms with Crippen LogP contribution >= 0.6 is 0 Å². The number of aromatic nitrogens is 1. The molecule has 4 rings (SSSR count). The Morgan fingerprint density at radius 3 is 2.76 bits per heavy atom. The van der Waals surface area contributed by atoms with E-state index in [0.29, 0.717) is 18.8 Å². The number of carbonyl (C=O) groups excluding carboxylic acids is 1. The van der Waals surface area contributed by atoms with Crippen molar-refractivity contribution >= 4 is 17.8 Å². The van der Waals surface area contributed by atoms with E-state index in [4.69, 9.17) is 14.5 Å². The fourth-order valence-electron chi connectivity index (χ4n) is 4.55.